The van der Waals surface area contributed by atoms with Gasteiger partial charge in [-0.15, -0.1) is 0 Å². The Labute approximate surface area is 196 Å². The van der Waals surface area contributed by atoms with Crippen LogP contribution in [0.2, 0.25) is 0 Å². The number of hydrogen-bond donors (Lipinski definition) is 0. The third-order valence-electron chi connectivity index (χ3n) is 6.81. The van der Waals surface area contributed by atoms with Crippen LogP contribution in [0.25, 0.3) is 0 Å². The minimum atomic E-state index is -0.611. The molecule has 0 aliphatic carbocycles. The first-order valence-corrected chi connectivity index (χ1v) is 11.8. The molecule has 2 heterocycles. The molecule has 5 nitrogen and oxygen atoms in total. The first-order valence-electron chi connectivity index (χ1n) is 11.8. The Balaban J connectivity index is 1.37. The molecule has 0 aromatic heterocycles. The monoisotopic (exact) mass is 444 g/mol. The van der Waals surface area contributed by atoms with Crippen molar-refractivity contribution in [3.63, 3.8) is 0 Å². The number of ether oxygens (including phenoxy) is 3. The Hall–Kier alpha value is -2.86. The summed E-state index contributed by atoms with van der Waals surface area (Å²) in [5.74, 6) is 0.933. The van der Waals surface area contributed by atoms with E-state index in [1.165, 1.54) is 5.69 Å². The molecule has 0 radical (unpaired) electrons. The van der Waals surface area contributed by atoms with E-state index in [2.05, 4.69) is 82.6 Å². The molecule has 33 heavy (non-hydrogen) atoms. The normalized spacial score (nSPS) is 21.0. The number of rotatable bonds is 6. The van der Waals surface area contributed by atoms with Crippen molar-refractivity contribution < 1.29 is 14.2 Å². The van der Waals surface area contributed by atoms with Gasteiger partial charge in [-0.05, 0) is 23.3 Å². The van der Waals surface area contributed by atoms with Crippen LogP contribution in [0.1, 0.15) is 11.1 Å². The molecule has 0 spiro atoms. The topological polar surface area (TPSA) is 34.2 Å². The summed E-state index contributed by atoms with van der Waals surface area (Å²) in [6.07, 6.45) is -0.0890. The van der Waals surface area contributed by atoms with Crippen molar-refractivity contribution >= 4 is 5.69 Å². The second kappa shape index (κ2) is 9.96. The highest BCUT2D eigenvalue weighted by atomic mass is 16.6. The molecule has 0 unspecified atom stereocenters. The lowest BCUT2D eigenvalue weighted by atomic mass is 9.80. The summed E-state index contributed by atoms with van der Waals surface area (Å²) in [6.45, 7) is 5.88. The molecular weight excluding hydrogens is 412 g/mol. The van der Waals surface area contributed by atoms with Crippen LogP contribution in [0.3, 0.4) is 0 Å². The molecule has 0 amide bonds. The average Bonchev–Trinajstić information content (AvgIpc) is 2.90. The maximum atomic E-state index is 6.63. The fraction of sp³-hybridized carbons (Fsp3) is 0.357. The number of hydrogen-bond acceptors (Lipinski definition) is 5. The van der Waals surface area contributed by atoms with E-state index in [-0.39, 0.29) is 6.10 Å². The van der Waals surface area contributed by atoms with Gasteiger partial charge < -0.3 is 19.1 Å². The SMILES string of the molecule is COc1ccccc1N1CCN(C[C@H]2OCCOC2(c2ccccc2)c2ccccc2)CC1. The van der Waals surface area contributed by atoms with Gasteiger partial charge in [-0.3, -0.25) is 4.90 Å². The zero-order valence-electron chi connectivity index (χ0n) is 19.2. The standard InChI is InChI=1S/C28H32N2O3/c1-31-26-15-9-8-14-25(26)30-18-16-29(17-19-30)22-27-28(33-21-20-32-27,23-10-4-2-5-11-23)24-12-6-3-7-13-24/h2-15,27H,16-22H2,1H3/t27-/m1/s1. The molecule has 5 heteroatoms. The molecule has 0 N–H and O–H groups in total. The van der Waals surface area contributed by atoms with E-state index < -0.39 is 5.60 Å². The van der Waals surface area contributed by atoms with Crippen molar-refractivity contribution in [2.45, 2.75) is 11.7 Å². The summed E-state index contributed by atoms with van der Waals surface area (Å²) >= 11 is 0. The number of benzene rings is 3. The Bertz CT molecular complexity index is 980. The maximum Gasteiger partial charge on any atom is 0.145 e. The van der Waals surface area contributed by atoms with Crippen molar-refractivity contribution in [3.05, 3.63) is 96.1 Å². The number of para-hydroxylation sites is 2. The van der Waals surface area contributed by atoms with Crippen molar-refractivity contribution in [2.75, 3.05) is 57.9 Å². The molecule has 0 saturated carbocycles. The molecule has 3 aromatic rings. The maximum absolute atomic E-state index is 6.63. The third-order valence-corrected chi connectivity index (χ3v) is 6.81. The number of methoxy groups -OCH3 is 1. The van der Waals surface area contributed by atoms with E-state index in [1.54, 1.807) is 7.11 Å². The van der Waals surface area contributed by atoms with E-state index in [4.69, 9.17) is 14.2 Å². The minimum Gasteiger partial charge on any atom is -0.495 e. The Morgan fingerprint density at radius 2 is 1.39 bits per heavy atom. The van der Waals surface area contributed by atoms with Gasteiger partial charge in [0.05, 0.1) is 26.0 Å². The lowest BCUT2D eigenvalue weighted by Gasteiger charge is -2.47. The fourth-order valence-electron chi connectivity index (χ4n) is 5.16. The van der Waals surface area contributed by atoms with Crippen LogP contribution >= 0.6 is 0 Å². The summed E-state index contributed by atoms with van der Waals surface area (Å²) < 4.78 is 18.7. The minimum absolute atomic E-state index is 0.0890. The van der Waals surface area contributed by atoms with Gasteiger partial charge in [0.25, 0.3) is 0 Å². The fourth-order valence-corrected chi connectivity index (χ4v) is 5.16. The van der Waals surface area contributed by atoms with Crippen LogP contribution in [0.5, 0.6) is 5.75 Å². The van der Waals surface area contributed by atoms with Gasteiger partial charge >= 0.3 is 0 Å². The van der Waals surface area contributed by atoms with Crippen LogP contribution in [0.15, 0.2) is 84.9 Å². The van der Waals surface area contributed by atoms with Gasteiger partial charge in [0, 0.05) is 32.7 Å². The van der Waals surface area contributed by atoms with E-state index in [0.29, 0.717) is 13.2 Å². The first-order chi connectivity index (χ1) is 16.3. The van der Waals surface area contributed by atoms with Crippen LogP contribution in [-0.2, 0) is 15.1 Å². The van der Waals surface area contributed by atoms with E-state index in [0.717, 1.165) is 49.6 Å². The lowest BCUT2D eigenvalue weighted by Crippen LogP contribution is -2.57. The Morgan fingerprint density at radius 1 is 0.788 bits per heavy atom. The van der Waals surface area contributed by atoms with Crippen LogP contribution in [0, 0.1) is 0 Å². The van der Waals surface area contributed by atoms with Crippen molar-refractivity contribution in [1.82, 2.24) is 4.90 Å². The largest absolute Gasteiger partial charge is 0.495 e. The summed E-state index contributed by atoms with van der Waals surface area (Å²) in [4.78, 5) is 4.92. The molecule has 0 bridgehead atoms. The molecule has 1 atom stereocenters. The molecule has 2 fully saturated rings. The number of nitrogens with zero attached hydrogens (tertiary/aromatic N) is 2. The number of anilines is 1. The van der Waals surface area contributed by atoms with Gasteiger partial charge in [0.15, 0.2) is 0 Å². The molecule has 2 saturated heterocycles. The summed E-state index contributed by atoms with van der Waals surface area (Å²) in [6, 6.07) is 29.4. The molecule has 172 valence electrons. The van der Waals surface area contributed by atoms with Crippen molar-refractivity contribution in [2.24, 2.45) is 0 Å². The van der Waals surface area contributed by atoms with Gasteiger partial charge in [-0.2, -0.15) is 0 Å². The highest BCUT2D eigenvalue weighted by molar-refractivity contribution is 5.58. The van der Waals surface area contributed by atoms with Gasteiger partial charge in [0.2, 0.25) is 0 Å². The molecule has 2 aliphatic rings. The molecule has 3 aromatic carbocycles. The average molecular weight is 445 g/mol. The predicted octanol–water partition coefficient (Wildman–Crippen LogP) is 4.18. The number of piperazine rings is 1. The van der Waals surface area contributed by atoms with Crippen LogP contribution in [0.4, 0.5) is 5.69 Å². The summed E-state index contributed by atoms with van der Waals surface area (Å²) in [5.41, 5.74) is 2.85. The van der Waals surface area contributed by atoms with Gasteiger partial charge in [0.1, 0.15) is 17.5 Å². The van der Waals surface area contributed by atoms with Gasteiger partial charge in [-0.25, -0.2) is 0 Å². The van der Waals surface area contributed by atoms with E-state index in [9.17, 15) is 0 Å². The Kier molecular flexibility index (Phi) is 6.63. The molecule has 5 rings (SSSR count). The second-order valence-corrected chi connectivity index (χ2v) is 8.64. The van der Waals surface area contributed by atoms with Crippen LogP contribution in [-0.4, -0.2) is 64.1 Å². The predicted molar refractivity (Wildman–Crippen MR) is 131 cm³/mol. The molecular formula is C28H32N2O3. The zero-order chi connectivity index (χ0) is 22.5. The Morgan fingerprint density at radius 3 is 2.03 bits per heavy atom. The lowest BCUT2D eigenvalue weighted by molar-refractivity contribution is -0.194. The summed E-state index contributed by atoms with van der Waals surface area (Å²) in [5, 5.41) is 0. The summed E-state index contributed by atoms with van der Waals surface area (Å²) in [7, 11) is 1.74. The first kappa shape index (κ1) is 22.0. The highest BCUT2D eigenvalue weighted by Crippen LogP contribution is 2.41. The van der Waals surface area contributed by atoms with Crippen molar-refractivity contribution in [3.8, 4) is 5.75 Å². The van der Waals surface area contributed by atoms with E-state index >= 15 is 0 Å². The van der Waals surface area contributed by atoms with E-state index in [1.807, 2.05) is 12.1 Å². The molecule has 2 aliphatic heterocycles. The smallest absolute Gasteiger partial charge is 0.145 e. The second-order valence-electron chi connectivity index (χ2n) is 8.64. The van der Waals surface area contributed by atoms with Crippen molar-refractivity contribution in [1.29, 1.82) is 0 Å². The van der Waals surface area contributed by atoms with Crippen LogP contribution < -0.4 is 9.64 Å². The third kappa shape index (κ3) is 4.36. The zero-order valence-corrected chi connectivity index (χ0v) is 19.2. The van der Waals surface area contributed by atoms with Gasteiger partial charge in [-0.1, -0.05) is 72.8 Å². The quantitative estimate of drug-likeness (QED) is 0.570. The highest BCUT2D eigenvalue weighted by Gasteiger charge is 2.47.